The Morgan fingerprint density at radius 2 is 1.91 bits per heavy atom. The molecule has 3 aromatic rings. The van der Waals surface area contributed by atoms with E-state index < -0.39 is 0 Å². The van der Waals surface area contributed by atoms with Crippen LogP contribution in [0.5, 0.6) is 5.75 Å². The van der Waals surface area contributed by atoms with Gasteiger partial charge in [0.1, 0.15) is 18.7 Å². The van der Waals surface area contributed by atoms with E-state index in [1.54, 1.807) is 6.21 Å². The molecule has 0 saturated heterocycles. The summed E-state index contributed by atoms with van der Waals surface area (Å²) in [7, 11) is 0. The van der Waals surface area contributed by atoms with Gasteiger partial charge in [0.05, 0.1) is 6.21 Å². The average molecular weight is 310 g/mol. The number of rotatable bonds is 5. The van der Waals surface area contributed by atoms with E-state index >= 15 is 0 Å². The van der Waals surface area contributed by atoms with Gasteiger partial charge >= 0.3 is 0 Å². The molecule has 3 rings (SSSR count). The molecule has 1 heterocycles. The van der Waals surface area contributed by atoms with Gasteiger partial charge in [0.2, 0.25) is 4.77 Å². The Hall–Kier alpha value is -2.73. The van der Waals surface area contributed by atoms with Crippen molar-refractivity contribution in [3.05, 3.63) is 76.8 Å². The third-order valence-corrected chi connectivity index (χ3v) is 3.29. The zero-order valence-corrected chi connectivity index (χ0v) is 12.5. The zero-order chi connectivity index (χ0) is 15.2. The number of H-pyrrole nitrogens is 1. The smallest absolute Gasteiger partial charge is 0.216 e. The predicted octanol–water partition coefficient (Wildman–Crippen LogP) is 3.40. The molecule has 0 unspecified atom stereocenters. The first kappa shape index (κ1) is 14.2. The highest BCUT2D eigenvalue weighted by molar-refractivity contribution is 7.71. The first-order chi connectivity index (χ1) is 10.8. The summed E-state index contributed by atoms with van der Waals surface area (Å²) >= 11 is 5.05. The largest absolute Gasteiger partial charge is 0.488 e. The van der Waals surface area contributed by atoms with Gasteiger partial charge in [-0.15, -0.1) is 0 Å². The van der Waals surface area contributed by atoms with Gasteiger partial charge in [0, 0.05) is 5.56 Å². The van der Waals surface area contributed by atoms with Crippen molar-refractivity contribution in [2.75, 3.05) is 0 Å². The fourth-order valence-corrected chi connectivity index (χ4v) is 2.05. The van der Waals surface area contributed by atoms with Crippen LogP contribution in [0.3, 0.4) is 0 Å². The van der Waals surface area contributed by atoms with E-state index in [4.69, 9.17) is 17.0 Å². The van der Waals surface area contributed by atoms with E-state index in [2.05, 4.69) is 15.3 Å². The summed E-state index contributed by atoms with van der Waals surface area (Å²) in [6, 6.07) is 17.8. The van der Waals surface area contributed by atoms with E-state index in [1.807, 2.05) is 54.6 Å². The lowest BCUT2D eigenvalue weighted by molar-refractivity contribution is 0.306. The topological polar surface area (TPSA) is 55.2 Å². The Kier molecular flexibility index (Phi) is 4.41. The summed E-state index contributed by atoms with van der Waals surface area (Å²) in [6.07, 6.45) is 3.22. The number of ether oxygens (including phenoxy) is 1. The maximum Gasteiger partial charge on any atom is 0.216 e. The monoisotopic (exact) mass is 310 g/mol. The molecule has 0 aliphatic carbocycles. The summed E-state index contributed by atoms with van der Waals surface area (Å²) in [4.78, 5) is 0. The second kappa shape index (κ2) is 6.82. The quantitative estimate of drug-likeness (QED) is 0.580. The minimum Gasteiger partial charge on any atom is -0.488 e. The second-order valence-electron chi connectivity index (χ2n) is 4.56. The molecule has 5 nitrogen and oxygen atoms in total. The summed E-state index contributed by atoms with van der Waals surface area (Å²) in [5.41, 5.74) is 1.99. The van der Waals surface area contributed by atoms with Gasteiger partial charge < -0.3 is 4.74 Å². The van der Waals surface area contributed by atoms with Crippen molar-refractivity contribution < 1.29 is 4.74 Å². The van der Waals surface area contributed by atoms with Crippen molar-refractivity contribution in [2.45, 2.75) is 6.61 Å². The van der Waals surface area contributed by atoms with Gasteiger partial charge in [-0.3, -0.25) is 5.10 Å². The highest BCUT2D eigenvalue weighted by Gasteiger charge is 2.01. The molecule has 0 fully saturated rings. The van der Waals surface area contributed by atoms with Crippen LogP contribution in [0.15, 0.2) is 66.0 Å². The van der Waals surface area contributed by atoms with Crippen LogP contribution in [0.4, 0.5) is 0 Å². The third-order valence-electron chi connectivity index (χ3n) is 3.01. The van der Waals surface area contributed by atoms with Crippen molar-refractivity contribution in [1.29, 1.82) is 0 Å². The fourth-order valence-electron chi connectivity index (χ4n) is 1.90. The van der Waals surface area contributed by atoms with E-state index in [1.165, 1.54) is 11.0 Å². The van der Waals surface area contributed by atoms with Crippen molar-refractivity contribution in [3.63, 3.8) is 0 Å². The minimum atomic E-state index is 0.443. The first-order valence-electron chi connectivity index (χ1n) is 6.75. The molecule has 0 spiro atoms. The van der Waals surface area contributed by atoms with Crippen molar-refractivity contribution in [3.8, 4) is 5.75 Å². The van der Waals surface area contributed by atoms with E-state index in [-0.39, 0.29) is 0 Å². The van der Waals surface area contributed by atoms with E-state index in [0.717, 1.165) is 16.9 Å². The van der Waals surface area contributed by atoms with Gasteiger partial charge in [0.15, 0.2) is 0 Å². The molecule has 0 atom stereocenters. The maximum absolute atomic E-state index is 5.87. The molecule has 0 aliphatic heterocycles. The minimum absolute atomic E-state index is 0.443. The molecular weight excluding hydrogens is 296 g/mol. The van der Waals surface area contributed by atoms with E-state index in [0.29, 0.717) is 11.4 Å². The van der Waals surface area contributed by atoms with E-state index in [9.17, 15) is 0 Å². The van der Waals surface area contributed by atoms with Crippen LogP contribution in [-0.2, 0) is 6.61 Å². The normalized spacial score (nSPS) is 10.9. The number of para-hydroxylation sites is 1. The zero-order valence-electron chi connectivity index (χ0n) is 11.7. The van der Waals surface area contributed by atoms with Crippen LogP contribution >= 0.6 is 12.2 Å². The predicted molar refractivity (Wildman–Crippen MR) is 87.6 cm³/mol. The molecule has 0 radical (unpaired) electrons. The third kappa shape index (κ3) is 3.48. The Morgan fingerprint density at radius 3 is 2.68 bits per heavy atom. The van der Waals surface area contributed by atoms with Crippen LogP contribution in [0.25, 0.3) is 0 Å². The highest BCUT2D eigenvalue weighted by Crippen LogP contribution is 2.17. The molecule has 110 valence electrons. The molecule has 1 aromatic heterocycles. The van der Waals surface area contributed by atoms with Crippen molar-refractivity contribution >= 4 is 18.4 Å². The summed E-state index contributed by atoms with van der Waals surface area (Å²) in [6.45, 7) is 0.511. The number of benzene rings is 2. The summed E-state index contributed by atoms with van der Waals surface area (Å²) in [5.74, 6) is 0.769. The second-order valence-corrected chi connectivity index (χ2v) is 4.95. The Balaban J connectivity index is 1.77. The number of hydrogen-bond donors (Lipinski definition) is 1. The van der Waals surface area contributed by atoms with Gasteiger partial charge in [-0.2, -0.15) is 14.9 Å². The highest BCUT2D eigenvalue weighted by atomic mass is 32.1. The van der Waals surface area contributed by atoms with Crippen LogP contribution in [0, 0.1) is 4.77 Å². The molecule has 0 amide bonds. The van der Waals surface area contributed by atoms with Crippen LogP contribution in [0.1, 0.15) is 11.1 Å². The van der Waals surface area contributed by atoms with Crippen LogP contribution in [-0.4, -0.2) is 21.1 Å². The van der Waals surface area contributed by atoms with Gasteiger partial charge in [0.25, 0.3) is 0 Å². The lowest BCUT2D eigenvalue weighted by atomic mass is 10.2. The molecule has 2 aromatic carbocycles. The van der Waals surface area contributed by atoms with Crippen molar-refractivity contribution in [1.82, 2.24) is 14.9 Å². The first-order valence-corrected chi connectivity index (χ1v) is 7.16. The number of aromatic amines is 1. The van der Waals surface area contributed by atoms with Crippen LogP contribution in [0.2, 0.25) is 0 Å². The number of nitrogens with one attached hydrogen (secondary N) is 1. The molecule has 0 bridgehead atoms. The molecule has 22 heavy (non-hydrogen) atoms. The fraction of sp³-hybridized carbons (Fsp3) is 0.0625. The molecule has 0 saturated carbocycles. The van der Waals surface area contributed by atoms with Gasteiger partial charge in [-0.05, 0) is 29.9 Å². The SMILES string of the molecule is S=c1[nH]ncn1/N=C\c1ccccc1OCc1ccccc1. The molecule has 0 aliphatic rings. The lowest BCUT2D eigenvalue weighted by Gasteiger charge is -2.08. The number of aromatic nitrogens is 3. The van der Waals surface area contributed by atoms with Gasteiger partial charge in [-0.1, -0.05) is 42.5 Å². The standard InChI is InChI=1S/C16H14N4OS/c22-16-19-17-12-20(16)18-10-14-8-4-5-9-15(14)21-11-13-6-2-1-3-7-13/h1-10,12H,11H2,(H,19,22)/b18-10-. The Morgan fingerprint density at radius 1 is 1.14 bits per heavy atom. The molecule has 6 heteroatoms. The number of hydrogen-bond acceptors (Lipinski definition) is 4. The van der Waals surface area contributed by atoms with Crippen molar-refractivity contribution in [2.24, 2.45) is 5.10 Å². The average Bonchev–Trinajstić information content (AvgIpc) is 2.98. The molecular formula is C16H14N4OS. The summed E-state index contributed by atoms with van der Waals surface area (Å²) < 4.78 is 7.81. The lowest BCUT2D eigenvalue weighted by Crippen LogP contribution is -1.98. The van der Waals surface area contributed by atoms with Gasteiger partial charge in [-0.25, -0.2) is 0 Å². The summed E-state index contributed by atoms with van der Waals surface area (Å²) in [5, 5.41) is 10.7. The van der Waals surface area contributed by atoms with Crippen LogP contribution < -0.4 is 4.74 Å². The molecule has 1 N–H and O–H groups in total. The Bertz CT molecular complexity index is 823. The maximum atomic E-state index is 5.87. The Labute approximate surface area is 132 Å². The number of nitrogens with zero attached hydrogens (tertiary/aromatic N) is 3.